The summed E-state index contributed by atoms with van der Waals surface area (Å²) in [5.74, 6) is 0.0556. The van der Waals surface area contributed by atoms with Crippen molar-refractivity contribution >= 4 is 5.78 Å². The van der Waals surface area contributed by atoms with Crippen LogP contribution in [0, 0.1) is 0 Å². The van der Waals surface area contributed by atoms with E-state index in [0.29, 0.717) is 6.42 Å². The van der Waals surface area contributed by atoms with Crippen molar-refractivity contribution in [2.45, 2.75) is 44.2 Å². The molecule has 0 amide bonds. The number of methoxy groups -OCH3 is 1. The summed E-state index contributed by atoms with van der Waals surface area (Å²) >= 11 is 0. The second-order valence-corrected chi connectivity index (χ2v) is 3.77. The Bertz CT molecular complexity index is 193. The van der Waals surface area contributed by atoms with Gasteiger partial charge in [-0.15, -0.1) is 0 Å². The molecule has 0 spiro atoms. The predicted octanol–water partition coefficient (Wildman–Crippen LogP) is 0.862. The van der Waals surface area contributed by atoms with Crippen LogP contribution in [0.1, 0.15) is 33.1 Å². The number of nitrogens with two attached hydrogens (primary N) is 1. The minimum absolute atomic E-state index is 0.0556. The first-order valence-electron chi connectivity index (χ1n) is 4.37. The van der Waals surface area contributed by atoms with Crippen LogP contribution in [0.5, 0.6) is 0 Å². The highest BCUT2D eigenvalue weighted by molar-refractivity contribution is 5.97. The number of rotatable bonds is 4. The van der Waals surface area contributed by atoms with E-state index in [1.807, 2.05) is 13.8 Å². The van der Waals surface area contributed by atoms with E-state index in [2.05, 4.69) is 0 Å². The summed E-state index contributed by atoms with van der Waals surface area (Å²) in [6.45, 7) is 3.75. The smallest absolute Gasteiger partial charge is 0.183 e. The molecule has 1 atom stereocenters. The van der Waals surface area contributed by atoms with Gasteiger partial charge in [-0.1, -0.05) is 6.92 Å². The number of Topliss-reactive ketones (excluding diaryl/α,β-unsaturated/α-hetero) is 1. The molecule has 0 aromatic rings. The maximum Gasteiger partial charge on any atom is 0.183 e. The van der Waals surface area contributed by atoms with Gasteiger partial charge in [-0.3, -0.25) is 4.79 Å². The van der Waals surface area contributed by atoms with Crippen LogP contribution < -0.4 is 5.73 Å². The molecule has 1 aliphatic rings. The van der Waals surface area contributed by atoms with Gasteiger partial charge in [0.2, 0.25) is 0 Å². The monoisotopic (exact) mass is 171 g/mol. The molecule has 1 unspecified atom stereocenters. The lowest BCUT2D eigenvalue weighted by atomic mass is 9.91. The lowest BCUT2D eigenvalue weighted by Crippen LogP contribution is -2.49. The van der Waals surface area contributed by atoms with Crippen molar-refractivity contribution in [2.75, 3.05) is 7.11 Å². The molecular formula is C9H17NO2. The largest absolute Gasteiger partial charge is 0.371 e. The summed E-state index contributed by atoms with van der Waals surface area (Å²) in [6.07, 6.45) is 2.30. The van der Waals surface area contributed by atoms with Crippen LogP contribution >= 0.6 is 0 Å². The van der Waals surface area contributed by atoms with E-state index in [4.69, 9.17) is 10.5 Å². The molecular weight excluding hydrogens is 154 g/mol. The van der Waals surface area contributed by atoms with E-state index in [9.17, 15) is 4.79 Å². The van der Waals surface area contributed by atoms with E-state index >= 15 is 0 Å². The molecule has 0 saturated heterocycles. The third kappa shape index (κ3) is 1.39. The first kappa shape index (κ1) is 9.68. The highest BCUT2D eigenvalue weighted by atomic mass is 16.5. The van der Waals surface area contributed by atoms with Crippen molar-refractivity contribution in [3.05, 3.63) is 0 Å². The number of carbonyl (C=O) groups is 1. The number of carbonyl (C=O) groups excluding carboxylic acids is 1. The van der Waals surface area contributed by atoms with Crippen molar-refractivity contribution in [1.29, 1.82) is 0 Å². The Morgan fingerprint density at radius 3 is 2.42 bits per heavy atom. The Morgan fingerprint density at radius 2 is 2.17 bits per heavy atom. The third-order valence-electron chi connectivity index (χ3n) is 2.85. The molecule has 1 rings (SSSR count). The molecule has 0 aromatic carbocycles. The molecule has 3 heteroatoms. The molecule has 0 heterocycles. The predicted molar refractivity (Wildman–Crippen MR) is 46.9 cm³/mol. The fraction of sp³-hybridized carbons (Fsp3) is 0.889. The molecule has 70 valence electrons. The number of hydrogen-bond acceptors (Lipinski definition) is 3. The van der Waals surface area contributed by atoms with E-state index in [1.54, 1.807) is 7.11 Å². The lowest BCUT2D eigenvalue weighted by Gasteiger charge is -2.27. The molecule has 12 heavy (non-hydrogen) atoms. The van der Waals surface area contributed by atoms with Gasteiger partial charge < -0.3 is 10.5 Å². The summed E-state index contributed by atoms with van der Waals surface area (Å²) in [4.78, 5) is 11.8. The van der Waals surface area contributed by atoms with Gasteiger partial charge in [0.25, 0.3) is 0 Å². The molecule has 0 aromatic heterocycles. The van der Waals surface area contributed by atoms with Gasteiger partial charge in [0.1, 0.15) is 5.60 Å². The second-order valence-electron chi connectivity index (χ2n) is 3.77. The summed E-state index contributed by atoms with van der Waals surface area (Å²) < 4.78 is 5.19. The maximum absolute atomic E-state index is 11.8. The quantitative estimate of drug-likeness (QED) is 0.682. The molecule has 0 bridgehead atoms. The number of ether oxygens (including phenoxy) is 1. The van der Waals surface area contributed by atoms with Crippen LogP contribution in [0.15, 0.2) is 0 Å². The molecule has 1 aliphatic carbocycles. The SMILES string of the molecule is CCC(C)(OC)C(=O)C1(N)CC1. The first-order valence-corrected chi connectivity index (χ1v) is 4.37. The zero-order valence-electron chi connectivity index (χ0n) is 8.02. The molecule has 1 fully saturated rings. The Morgan fingerprint density at radius 1 is 1.67 bits per heavy atom. The Balaban J connectivity index is 2.73. The van der Waals surface area contributed by atoms with Crippen LogP contribution in [0.3, 0.4) is 0 Å². The van der Waals surface area contributed by atoms with Crippen molar-refractivity contribution in [3.63, 3.8) is 0 Å². The Labute approximate surface area is 73.3 Å². The Kier molecular flexibility index (Phi) is 2.27. The van der Waals surface area contributed by atoms with Crippen molar-refractivity contribution in [1.82, 2.24) is 0 Å². The summed E-state index contributed by atoms with van der Waals surface area (Å²) in [7, 11) is 1.56. The third-order valence-corrected chi connectivity index (χ3v) is 2.85. The van der Waals surface area contributed by atoms with Crippen molar-refractivity contribution in [2.24, 2.45) is 5.73 Å². The van der Waals surface area contributed by atoms with Gasteiger partial charge in [-0.25, -0.2) is 0 Å². The normalized spacial score (nSPS) is 24.7. The zero-order chi connectivity index (χ0) is 9.41. The topological polar surface area (TPSA) is 52.3 Å². The van der Waals surface area contributed by atoms with Crippen LogP contribution in [-0.4, -0.2) is 24.0 Å². The maximum atomic E-state index is 11.8. The summed E-state index contributed by atoms with van der Waals surface area (Å²) in [5, 5.41) is 0. The Hall–Kier alpha value is -0.410. The number of hydrogen-bond donors (Lipinski definition) is 1. The van der Waals surface area contributed by atoms with Crippen molar-refractivity contribution < 1.29 is 9.53 Å². The highest BCUT2D eigenvalue weighted by Gasteiger charge is 2.52. The zero-order valence-corrected chi connectivity index (χ0v) is 8.02. The van der Waals surface area contributed by atoms with Crippen LogP contribution in [-0.2, 0) is 9.53 Å². The highest BCUT2D eigenvalue weighted by Crippen LogP contribution is 2.38. The molecule has 2 N–H and O–H groups in total. The fourth-order valence-corrected chi connectivity index (χ4v) is 1.29. The van der Waals surface area contributed by atoms with Gasteiger partial charge in [-0.2, -0.15) is 0 Å². The number of ketones is 1. The first-order chi connectivity index (χ1) is 5.48. The van der Waals surface area contributed by atoms with Gasteiger partial charge in [-0.05, 0) is 26.2 Å². The van der Waals surface area contributed by atoms with E-state index in [0.717, 1.165) is 12.8 Å². The average molecular weight is 171 g/mol. The average Bonchev–Trinajstić information content (AvgIpc) is 2.82. The van der Waals surface area contributed by atoms with Gasteiger partial charge >= 0.3 is 0 Å². The second kappa shape index (κ2) is 2.82. The van der Waals surface area contributed by atoms with Gasteiger partial charge in [0, 0.05) is 7.11 Å². The fourth-order valence-electron chi connectivity index (χ4n) is 1.29. The van der Waals surface area contributed by atoms with E-state index in [1.165, 1.54) is 0 Å². The standard InChI is InChI=1S/C9H17NO2/c1-4-8(2,12-3)7(11)9(10)5-6-9/h4-6,10H2,1-3H3. The van der Waals surface area contributed by atoms with E-state index < -0.39 is 11.1 Å². The van der Waals surface area contributed by atoms with Crippen LogP contribution in [0.25, 0.3) is 0 Å². The van der Waals surface area contributed by atoms with Gasteiger partial charge in [0.15, 0.2) is 5.78 Å². The summed E-state index contributed by atoms with van der Waals surface area (Å²) in [6, 6.07) is 0. The summed E-state index contributed by atoms with van der Waals surface area (Å²) in [5.41, 5.74) is 4.55. The molecule has 0 radical (unpaired) electrons. The molecule has 1 saturated carbocycles. The lowest BCUT2D eigenvalue weighted by molar-refractivity contribution is -0.141. The minimum atomic E-state index is -0.675. The van der Waals surface area contributed by atoms with Crippen molar-refractivity contribution in [3.8, 4) is 0 Å². The van der Waals surface area contributed by atoms with Gasteiger partial charge in [0.05, 0.1) is 5.54 Å². The minimum Gasteiger partial charge on any atom is -0.371 e. The van der Waals surface area contributed by atoms with Crippen LogP contribution in [0.2, 0.25) is 0 Å². The molecule has 3 nitrogen and oxygen atoms in total. The molecule has 0 aliphatic heterocycles. The van der Waals surface area contributed by atoms with Crippen LogP contribution in [0.4, 0.5) is 0 Å². The van der Waals surface area contributed by atoms with E-state index in [-0.39, 0.29) is 5.78 Å².